The quantitative estimate of drug-likeness (QED) is 0.433. The van der Waals surface area contributed by atoms with E-state index in [0.29, 0.717) is 0 Å². The van der Waals surface area contributed by atoms with Crippen molar-refractivity contribution >= 4 is 0 Å². The number of nitrogens with zero attached hydrogens (tertiary/aromatic N) is 4. The fourth-order valence-electron chi connectivity index (χ4n) is 1.30. The molecular formula is C7H11N7. The molecule has 0 fully saturated rings. The molecule has 0 aliphatic heterocycles. The van der Waals surface area contributed by atoms with Crippen LogP contribution >= 0.6 is 0 Å². The molecule has 0 saturated heterocycles. The molecule has 0 radical (unpaired) electrons. The van der Waals surface area contributed by atoms with Crippen molar-refractivity contribution in [3.8, 4) is 0 Å². The van der Waals surface area contributed by atoms with E-state index in [1.807, 2.05) is 0 Å². The number of imidazole rings is 1. The van der Waals surface area contributed by atoms with Gasteiger partial charge < -0.3 is 4.98 Å². The number of aryl methyl sites for hydroxylation is 1. The summed E-state index contributed by atoms with van der Waals surface area (Å²) in [5, 5.41) is 7.60. The van der Waals surface area contributed by atoms with E-state index in [4.69, 9.17) is 5.84 Å². The highest BCUT2D eigenvalue weighted by atomic mass is 15.4. The first-order valence-corrected chi connectivity index (χ1v) is 4.13. The number of hydrogen-bond acceptors (Lipinski definition) is 5. The smallest absolute Gasteiger partial charge is 0.130 e. The molecular weight excluding hydrogens is 182 g/mol. The van der Waals surface area contributed by atoms with E-state index in [2.05, 4.69) is 25.7 Å². The van der Waals surface area contributed by atoms with Crippen molar-refractivity contribution < 1.29 is 0 Å². The molecule has 74 valence electrons. The summed E-state index contributed by atoms with van der Waals surface area (Å²) in [6.45, 7) is 0. The van der Waals surface area contributed by atoms with Gasteiger partial charge in [0.1, 0.15) is 11.9 Å². The van der Waals surface area contributed by atoms with Crippen molar-refractivity contribution in [1.82, 2.24) is 30.4 Å². The average molecular weight is 193 g/mol. The fraction of sp³-hybridized carbons (Fsp3) is 0.286. The SMILES string of the molecule is Cn1nncc1C(NN)c1ncc[nH]1. The monoisotopic (exact) mass is 193 g/mol. The first-order chi connectivity index (χ1) is 6.83. The highest BCUT2D eigenvalue weighted by Crippen LogP contribution is 2.15. The molecule has 14 heavy (non-hydrogen) atoms. The Morgan fingerprint density at radius 3 is 3.00 bits per heavy atom. The first-order valence-electron chi connectivity index (χ1n) is 4.13. The lowest BCUT2D eigenvalue weighted by Gasteiger charge is -2.12. The maximum Gasteiger partial charge on any atom is 0.130 e. The van der Waals surface area contributed by atoms with Gasteiger partial charge in [0, 0.05) is 19.4 Å². The Balaban J connectivity index is 2.36. The zero-order chi connectivity index (χ0) is 9.97. The molecule has 4 N–H and O–H groups in total. The van der Waals surface area contributed by atoms with Crippen molar-refractivity contribution in [2.75, 3.05) is 0 Å². The second kappa shape index (κ2) is 3.56. The van der Waals surface area contributed by atoms with Crippen molar-refractivity contribution in [2.24, 2.45) is 12.9 Å². The van der Waals surface area contributed by atoms with Crippen molar-refractivity contribution in [3.63, 3.8) is 0 Å². The van der Waals surface area contributed by atoms with Gasteiger partial charge in [0.25, 0.3) is 0 Å². The summed E-state index contributed by atoms with van der Waals surface area (Å²) in [4.78, 5) is 7.10. The topological polar surface area (TPSA) is 97.4 Å². The number of rotatable bonds is 3. The minimum absolute atomic E-state index is 0.218. The summed E-state index contributed by atoms with van der Waals surface area (Å²) >= 11 is 0. The number of hydrazine groups is 1. The van der Waals surface area contributed by atoms with Crippen LogP contribution < -0.4 is 11.3 Å². The maximum absolute atomic E-state index is 5.45. The molecule has 1 atom stereocenters. The summed E-state index contributed by atoms with van der Waals surface area (Å²) < 4.78 is 1.65. The Morgan fingerprint density at radius 2 is 2.50 bits per heavy atom. The number of aromatic nitrogens is 5. The van der Waals surface area contributed by atoms with Crippen molar-refractivity contribution in [3.05, 3.63) is 30.1 Å². The van der Waals surface area contributed by atoms with Crippen LogP contribution in [0.5, 0.6) is 0 Å². The predicted molar refractivity (Wildman–Crippen MR) is 48.8 cm³/mol. The Kier molecular flexibility index (Phi) is 2.25. The molecule has 0 aliphatic carbocycles. The molecule has 0 spiro atoms. The van der Waals surface area contributed by atoms with Crippen LogP contribution in [0.25, 0.3) is 0 Å². The molecule has 7 nitrogen and oxygen atoms in total. The summed E-state index contributed by atoms with van der Waals surface area (Å²) in [6, 6.07) is -0.218. The fourth-order valence-corrected chi connectivity index (χ4v) is 1.30. The molecule has 2 heterocycles. The lowest BCUT2D eigenvalue weighted by atomic mass is 10.2. The molecule has 2 aromatic heterocycles. The summed E-state index contributed by atoms with van der Waals surface area (Å²) in [5.74, 6) is 6.18. The molecule has 1 unspecified atom stereocenters. The zero-order valence-electron chi connectivity index (χ0n) is 7.68. The molecule has 0 aromatic carbocycles. The van der Waals surface area contributed by atoms with Gasteiger partial charge in [-0.05, 0) is 0 Å². The van der Waals surface area contributed by atoms with Gasteiger partial charge in [0.2, 0.25) is 0 Å². The van der Waals surface area contributed by atoms with Gasteiger partial charge in [-0.15, -0.1) is 5.10 Å². The lowest BCUT2D eigenvalue weighted by Crippen LogP contribution is -2.31. The van der Waals surface area contributed by atoms with Crippen LogP contribution in [0.3, 0.4) is 0 Å². The molecule has 2 rings (SSSR count). The largest absolute Gasteiger partial charge is 0.347 e. The lowest BCUT2D eigenvalue weighted by molar-refractivity contribution is 0.551. The van der Waals surface area contributed by atoms with Crippen molar-refractivity contribution in [2.45, 2.75) is 6.04 Å². The van der Waals surface area contributed by atoms with Gasteiger partial charge in [0.15, 0.2) is 0 Å². The Hall–Kier alpha value is -1.73. The van der Waals surface area contributed by atoms with E-state index in [1.165, 1.54) is 0 Å². The Morgan fingerprint density at radius 1 is 1.64 bits per heavy atom. The van der Waals surface area contributed by atoms with Crippen LogP contribution in [-0.2, 0) is 7.05 Å². The van der Waals surface area contributed by atoms with E-state index < -0.39 is 0 Å². The van der Waals surface area contributed by atoms with E-state index in [9.17, 15) is 0 Å². The third-order valence-corrected chi connectivity index (χ3v) is 2.00. The number of nitrogens with two attached hydrogens (primary N) is 1. The van der Waals surface area contributed by atoms with Gasteiger partial charge >= 0.3 is 0 Å². The second-order valence-electron chi connectivity index (χ2n) is 2.86. The van der Waals surface area contributed by atoms with Gasteiger partial charge in [-0.3, -0.25) is 10.5 Å². The predicted octanol–water partition coefficient (Wildman–Crippen LogP) is -0.909. The van der Waals surface area contributed by atoms with Crippen LogP contribution in [-0.4, -0.2) is 25.0 Å². The minimum Gasteiger partial charge on any atom is -0.347 e. The van der Waals surface area contributed by atoms with Crippen LogP contribution in [0.1, 0.15) is 17.6 Å². The Labute approximate surface area is 80.3 Å². The number of nitrogens with one attached hydrogen (secondary N) is 2. The molecule has 2 aromatic rings. The van der Waals surface area contributed by atoms with Gasteiger partial charge in [-0.1, -0.05) is 5.21 Å². The highest BCUT2D eigenvalue weighted by molar-refractivity contribution is 5.13. The van der Waals surface area contributed by atoms with Crippen LogP contribution in [0.2, 0.25) is 0 Å². The second-order valence-corrected chi connectivity index (χ2v) is 2.86. The van der Waals surface area contributed by atoms with Gasteiger partial charge in [0.05, 0.1) is 11.9 Å². The summed E-state index contributed by atoms with van der Waals surface area (Å²) in [7, 11) is 1.80. The third kappa shape index (κ3) is 1.38. The highest BCUT2D eigenvalue weighted by Gasteiger charge is 2.18. The van der Waals surface area contributed by atoms with Crippen molar-refractivity contribution in [1.29, 1.82) is 0 Å². The van der Waals surface area contributed by atoms with E-state index in [0.717, 1.165) is 11.5 Å². The van der Waals surface area contributed by atoms with E-state index in [1.54, 1.807) is 30.3 Å². The minimum atomic E-state index is -0.218. The summed E-state index contributed by atoms with van der Waals surface area (Å²) in [6.07, 6.45) is 5.06. The molecule has 0 aliphatic rings. The van der Waals surface area contributed by atoms with Gasteiger partial charge in [-0.25, -0.2) is 10.4 Å². The van der Waals surface area contributed by atoms with E-state index >= 15 is 0 Å². The van der Waals surface area contributed by atoms with Crippen LogP contribution in [0.15, 0.2) is 18.6 Å². The Bertz CT molecular complexity index is 390. The number of aromatic amines is 1. The van der Waals surface area contributed by atoms with E-state index in [-0.39, 0.29) is 6.04 Å². The average Bonchev–Trinajstić information content (AvgIpc) is 2.80. The normalized spacial score (nSPS) is 13.0. The zero-order valence-corrected chi connectivity index (χ0v) is 7.68. The number of H-pyrrole nitrogens is 1. The van der Waals surface area contributed by atoms with Crippen LogP contribution in [0.4, 0.5) is 0 Å². The standard InChI is InChI=1S/C7H11N7/c1-14-5(4-11-13-14)6(12-8)7-9-2-3-10-7/h2-4,6,12H,8H2,1H3,(H,9,10). The van der Waals surface area contributed by atoms with Crippen LogP contribution in [0, 0.1) is 0 Å². The molecule has 7 heteroatoms. The first kappa shape index (κ1) is 8.85. The van der Waals surface area contributed by atoms with Gasteiger partial charge in [-0.2, -0.15) is 0 Å². The maximum atomic E-state index is 5.45. The molecule has 0 bridgehead atoms. The summed E-state index contributed by atoms with van der Waals surface area (Å²) in [5.41, 5.74) is 3.50. The number of hydrogen-bond donors (Lipinski definition) is 3. The third-order valence-electron chi connectivity index (χ3n) is 2.00. The molecule has 0 saturated carbocycles. The molecule has 0 amide bonds.